The van der Waals surface area contributed by atoms with Gasteiger partial charge in [0, 0.05) is 0 Å². The third-order valence-electron chi connectivity index (χ3n) is 1.27. The van der Waals surface area contributed by atoms with E-state index in [1.165, 1.54) is 0 Å². The Labute approximate surface area is 65.0 Å². The predicted molar refractivity (Wildman–Crippen MR) is 41.3 cm³/mol. The molecule has 0 spiro atoms. The Hall–Kier alpha value is -1.10. The van der Waals surface area contributed by atoms with E-state index >= 15 is 0 Å². The monoisotopic (exact) mass is 159 g/mol. The van der Waals surface area contributed by atoms with Crippen LogP contribution >= 0.6 is 0 Å². The first kappa shape index (κ1) is 9.90. The zero-order chi connectivity index (χ0) is 8.69. The molecular formula is C6H13N3O2. The van der Waals surface area contributed by atoms with E-state index in [0.29, 0.717) is 13.0 Å². The molecule has 1 amide bonds. The van der Waals surface area contributed by atoms with Gasteiger partial charge in [0.15, 0.2) is 0 Å². The molecule has 64 valence electrons. The van der Waals surface area contributed by atoms with Crippen LogP contribution in [-0.2, 0) is 4.79 Å². The summed E-state index contributed by atoms with van der Waals surface area (Å²) in [5, 5.41) is 11.0. The van der Waals surface area contributed by atoms with Crippen LogP contribution in [0, 0.1) is 0 Å². The number of carbonyl (C=O) groups excluding carboxylic acids is 1. The summed E-state index contributed by atoms with van der Waals surface area (Å²) in [4.78, 5) is 10.4. The topological polar surface area (TPSA) is 102 Å². The van der Waals surface area contributed by atoms with Crippen LogP contribution in [0.2, 0.25) is 0 Å². The van der Waals surface area contributed by atoms with Gasteiger partial charge in [-0.15, -0.1) is 0 Å². The summed E-state index contributed by atoms with van der Waals surface area (Å²) in [7, 11) is 0. The molecule has 0 rings (SSSR count). The fraction of sp³-hybridized carbons (Fsp3) is 0.667. The molecule has 11 heavy (non-hydrogen) atoms. The number of oxime groups is 1. The smallest absolute Gasteiger partial charge is 0.266 e. The summed E-state index contributed by atoms with van der Waals surface area (Å²) >= 11 is 0. The Balaban J connectivity index is 3.63. The highest BCUT2D eigenvalue weighted by Gasteiger charge is 2.05. The summed E-state index contributed by atoms with van der Waals surface area (Å²) in [5.41, 5.74) is 10.1. The van der Waals surface area contributed by atoms with Crippen molar-refractivity contribution in [1.82, 2.24) is 0 Å². The van der Waals surface area contributed by atoms with Crippen molar-refractivity contribution in [1.29, 1.82) is 0 Å². The lowest BCUT2D eigenvalue weighted by Gasteiger charge is -1.97. The second-order valence-electron chi connectivity index (χ2n) is 2.16. The Morgan fingerprint density at radius 2 is 2.09 bits per heavy atom. The maximum absolute atomic E-state index is 10.4. The first-order valence-corrected chi connectivity index (χ1v) is 3.43. The summed E-state index contributed by atoms with van der Waals surface area (Å²) in [5.74, 6) is -0.676. The minimum Gasteiger partial charge on any atom is -0.410 e. The fourth-order valence-electron chi connectivity index (χ4n) is 0.659. The third-order valence-corrected chi connectivity index (χ3v) is 1.27. The molecular weight excluding hydrogens is 146 g/mol. The van der Waals surface area contributed by atoms with Crippen molar-refractivity contribution in [3.8, 4) is 0 Å². The number of hydrogen-bond acceptors (Lipinski definition) is 4. The average molecular weight is 159 g/mol. The molecule has 0 aromatic carbocycles. The third kappa shape index (κ3) is 4.32. The molecule has 0 aliphatic heterocycles. The Morgan fingerprint density at radius 1 is 1.45 bits per heavy atom. The number of nitrogens with zero attached hydrogens (tertiary/aromatic N) is 1. The molecule has 5 heteroatoms. The number of primary amides is 1. The maximum Gasteiger partial charge on any atom is 0.266 e. The second kappa shape index (κ2) is 5.67. The summed E-state index contributed by atoms with van der Waals surface area (Å²) in [6, 6.07) is 0. The van der Waals surface area contributed by atoms with Gasteiger partial charge in [0.25, 0.3) is 5.91 Å². The Morgan fingerprint density at radius 3 is 2.45 bits per heavy atom. The molecule has 0 saturated heterocycles. The van der Waals surface area contributed by atoms with Crippen molar-refractivity contribution in [3.63, 3.8) is 0 Å². The van der Waals surface area contributed by atoms with E-state index < -0.39 is 5.91 Å². The minimum absolute atomic E-state index is 0.0125. The number of carbonyl (C=O) groups is 1. The van der Waals surface area contributed by atoms with Crippen molar-refractivity contribution in [3.05, 3.63) is 0 Å². The van der Waals surface area contributed by atoms with Crippen LogP contribution in [0.25, 0.3) is 0 Å². The molecule has 0 saturated carbocycles. The van der Waals surface area contributed by atoms with E-state index in [1.807, 2.05) is 0 Å². The number of hydrogen-bond donors (Lipinski definition) is 3. The van der Waals surface area contributed by atoms with Crippen LogP contribution in [0.1, 0.15) is 19.3 Å². The van der Waals surface area contributed by atoms with Crippen molar-refractivity contribution in [2.45, 2.75) is 19.3 Å². The van der Waals surface area contributed by atoms with Crippen molar-refractivity contribution in [2.75, 3.05) is 6.54 Å². The van der Waals surface area contributed by atoms with Crippen LogP contribution in [0.5, 0.6) is 0 Å². The SMILES string of the molecule is NCCCCC(=NO)C(N)=O. The Bertz CT molecular complexity index is 156. The molecule has 0 radical (unpaired) electrons. The van der Waals surface area contributed by atoms with Crippen LogP contribution in [0.15, 0.2) is 5.16 Å². The molecule has 0 atom stereocenters. The van der Waals surface area contributed by atoms with Crippen molar-refractivity contribution >= 4 is 11.6 Å². The van der Waals surface area contributed by atoms with Gasteiger partial charge in [-0.2, -0.15) is 0 Å². The molecule has 0 aromatic heterocycles. The standard InChI is InChI=1S/C6H13N3O2/c7-4-2-1-3-5(9-11)6(8)10/h11H,1-4,7H2,(H2,8,10). The van der Waals surface area contributed by atoms with E-state index in [0.717, 1.165) is 12.8 Å². The maximum atomic E-state index is 10.4. The average Bonchev–Trinajstić information content (AvgIpc) is 1.97. The van der Waals surface area contributed by atoms with Gasteiger partial charge >= 0.3 is 0 Å². The number of unbranched alkanes of at least 4 members (excludes halogenated alkanes) is 1. The molecule has 0 unspecified atom stereocenters. The normalized spacial score (nSPS) is 11.5. The highest BCUT2D eigenvalue weighted by atomic mass is 16.4. The van der Waals surface area contributed by atoms with Gasteiger partial charge in [-0.3, -0.25) is 4.79 Å². The molecule has 5 nitrogen and oxygen atoms in total. The largest absolute Gasteiger partial charge is 0.410 e. The lowest BCUT2D eigenvalue weighted by Crippen LogP contribution is -2.23. The Kier molecular flexibility index (Phi) is 5.10. The van der Waals surface area contributed by atoms with Gasteiger partial charge in [-0.1, -0.05) is 5.16 Å². The zero-order valence-corrected chi connectivity index (χ0v) is 6.29. The molecule has 5 N–H and O–H groups in total. The number of amides is 1. The van der Waals surface area contributed by atoms with Gasteiger partial charge in [0.1, 0.15) is 5.71 Å². The molecule has 0 aliphatic carbocycles. The van der Waals surface area contributed by atoms with Crippen molar-refractivity contribution in [2.24, 2.45) is 16.6 Å². The van der Waals surface area contributed by atoms with Gasteiger partial charge < -0.3 is 16.7 Å². The van der Waals surface area contributed by atoms with E-state index in [1.54, 1.807) is 0 Å². The van der Waals surface area contributed by atoms with Gasteiger partial charge in [0.2, 0.25) is 0 Å². The van der Waals surface area contributed by atoms with Crippen molar-refractivity contribution < 1.29 is 10.0 Å². The van der Waals surface area contributed by atoms with Gasteiger partial charge in [-0.25, -0.2) is 0 Å². The summed E-state index contributed by atoms with van der Waals surface area (Å²) in [6.45, 7) is 0.567. The molecule has 0 aromatic rings. The first-order chi connectivity index (χ1) is 5.22. The van der Waals surface area contributed by atoms with Gasteiger partial charge in [0.05, 0.1) is 0 Å². The minimum atomic E-state index is -0.676. The molecule has 0 heterocycles. The lowest BCUT2D eigenvalue weighted by atomic mass is 10.1. The van der Waals surface area contributed by atoms with E-state index in [2.05, 4.69) is 5.16 Å². The number of nitrogens with two attached hydrogens (primary N) is 2. The number of rotatable bonds is 5. The van der Waals surface area contributed by atoms with E-state index in [4.69, 9.17) is 16.7 Å². The lowest BCUT2D eigenvalue weighted by molar-refractivity contribution is -0.112. The van der Waals surface area contributed by atoms with E-state index in [9.17, 15) is 4.79 Å². The van der Waals surface area contributed by atoms with Crippen LogP contribution in [-0.4, -0.2) is 23.4 Å². The predicted octanol–water partition coefficient (Wildman–Crippen LogP) is -0.569. The molecule has 0 fully saturated rings. The zero-order valence-electron chi connectivity index (χ0n) is 6.29. The summed E-state index contributed by atoms with van der Waals surface area (Å²) in [6.07, 6.45) is 1.91. The van der Waals surface area contributed by atoms with E-state index in [-0.39, 0.29) is 5.71 Å². The highest BCUT2D eigenvalue weighted by Crippen LogP contribution is 1.95. The van der Waals surface area contributed by atoms with Crippen LogP contribution in [0.4, 0.5) is 0 Å². The highest BCUT2D eigenvalue weighted by molar-refractivity contribution is 6.38. The molecule has 0 aliphatic rings. The van der Waals surface area contributed by atoms with Crippen LogP contribution in [0.3, 0.4) is 0 Å². The molecule has 0 bridgehead atoms. The summed E-state index contributed by atoms with van der Waals surface area (Å²) < 4.78 is 0. The second-order valence-corrected chi connectivity index (χ2v) is 2.16. The quantitative estimate of drug-likeness (QED) is 0.217. The first-order valence-electron chi connectivity index (χ1n) is 3.43. The van der Waals surface area contributed by atoms with Gasteiger partial charge in [-0.05, 0) is 25.8 Å². The fourth-order valence-corrected chi connectivity index (χ4v) is 0.659. The van der Waals surface area contributed by atoms with Crippen LogP contribution < -0.4 is 11.5 Å².